The van der Waals surface area contributed by atoms with E-state index in [1.54, 1.807) is 13.8 Å². The molecule has 16 heavy (non-hydrogen) atoms. The quantitative estimate of drug-likeness (QED) is 0.558. The topological polar surface area (TPSA) is 65.0 Å². The second kappa shape index (κ2) is 4.69. The summed E-state index contributed by atoms with van der Waals surface area (Å²) < 4.78 is 15.5. The first kappa shape index (κ1) is 13.4. The van der Waals surface area contributed by atoms with Crippen LogP contribution in [0.25, 0.3) is 0 Å². The van der Waals surface area contributed by atoms with Crippen molar-refractivity contribution in [1.82, 2.24) is 0 Å². The number of ether oxygens (including phenoxy) is 3. The van der Waals surface area contributed by atoms with Crippen molar-refractivity contribution in [2.75, 3.05) is 20.8 Å². The monoisotopic (exact) mass is 232 g/mol. The van der Waals surface area contributed by atoms with E-state index in [1.165, 1.54) is 14.2 Å². The van der Waals surface area contributed by atoms with E-state index in [0.29, 0.717) is 12.8 Å². The van der Waals surface area contributed by atoms with Crippen LogP contribution in [0.1, 0.15) is 26.7 Å². The lowest BCUT2D eigenvalue weighted by atomic mass is 9.64. The molecule has 0 atom stereocenters. The molecule has 0 aliphatic heterocycles. The average Bonchev–Trinajstić information content (AvgIpc) is 2.18. The van der Waals surface area contributed by atoms with Gasteiger partial charge in [0, 0.05) is 27.1 Å². The van der Waals surface area contributed by atoms with Crippen LogP contribution < -0.4 is 0 Å². The molecule has 0 heterocycles. The number of aliphatic hydroxyl groups is 1. The third kappa shape index (κ3) is 2.21. The Morgan fingerprint density at radius 1 is 1.31 bits per heavy atom. The number of esters is 1. The van der Waals surface area contributed by atoms with Crippen LogP contribution in [0, 0.1) is 5.41 Å². The summed E-state index contributed by atoms with van der Waals surface area (Å²) in [6.07, 6.45) is 0.473. The molecule has 1 rings (SSSR count). The van der Waals surface area contributed by atoms with E-state index < -0.39 is 11.2 Å². The van der Waals surface area contributed by atoms with Gasteiger partial charge in [-0.05, 0) is 13.8 Å². The van der Waals surface area contributed by atoms with Gasteiger partial charge in [0.1, 0.15) is 5.41 Å². The van der Waals surface area contributed by atoms with E-state index in [0.717, 1.165) is 0 Å². The molecule has 0 saturated heterocycles. The number of carbonyl (C=O) groups excluding carboxylic acids is 1. The Bertz CT molecular complexity index is 249. The number of methoxy groups -OCH3 is 2. The summed E-state index contributed by atoms with van der Waals surface area (Å²) in [7, 11) is 3.05. The maximum absolute atomic E-state index is 11.8. The largest absolute Gasteiger partial charge is 0.462 e. The Kier molecular flexibility index (Phi) is 3.93. The van der Waals surface area contributed by atoms with Gasteiger partial charge in [-0.3, -0.25) is 4.79 Å². The summed E-state index contributed by atoms with van der Waals surface area (Å²) in [5.74, 6) is -1.13. The Morgan fingerprint density at radius 2 is 1.81 bits per heavy atom. The van der Waals surface area contributed by atoms with Gasteiger partial charge in [0.05, 0.1) is 12.7 Å². The van der Waals surface area contributed by atoms with Gasteiger partial charge in [-0.25, -0.2) is 0 Å². The van der Waals surface area contributed by atoms with E-state index in [4.69, 9.17) is 14.2 Å². The minimum atomic E-state index is -0.865. The number of hydrogen-bond acceptors (Lipinski definition) is 5. The Balaban J connectivity index is 2.67. The van der Waals surface area contributed by atoms with E-state index >= 15 is 0 Å². The Morgan fingerprint density at radius 3 is 2.12 bits per heavy atom. The predicted octanol–water partition coefficient (Wildman–Crippen LogP) is 0.700. The molecule has 1 saturated carbocycles. The van der Waals surface area contributed by atoms with E-state index in [9.17, 15) is 9.90 Å². The van der Waals surface area contributed by atoms with E-state index in [-0.39, 0.29) is 18.7 Å². The first-order chi connectivity index (χ1) is 7.43. The average molecular weight is 232 g/mol. The SMILES string of the molecule is COC1(OC)CC(CO)(C(=O)OC(C)C)C1. The van der Waals surface area contributed by atoms with E-state index in [2.05, 4.69) is 0 Å². The highest BCUT2D eigenvalue weighted by Crippen LogP contribution is 2.51. The Hall–Kier alpha value is -0.650. The molecule has 0 aromatic rings. The minimum Gasteiger partial charge on any atom is -0.462 e. The van der Waals surface area contributed by atoms with Gasteiger partial charge < -0.3 is 19.3 Å². The minimum absolute atomic E-state index is 0.184. The molecule has 5 heteroatoms. The fourth-order valence-corrected chi connectivity index (χ4v) is 2.01. The second-order valence-corrected chi connectivity index (χ2v) is 4.56. The molecule has 0 aromatic heterocycles. The molecule has 1 N–H and O–H groups in total. The fraction of sp³-hybridized carbons (Fsp3) is 0.909. The lowest BCUT2D eigenvalue weighted by molar-refractivity contribution is -0.301. The zero-order valence-corrected chi connectivity index (χ0v) is 10.3. The first-order valence-corrected chi connectivity index (χ1v) is 5.36. The van der Waals surface area contributed by atoms with Crippen LogP contribution in [0.5, 0.6) is 0 Å². The first-order valence-electron chi connectivity index (χ1n) is 5.36. The van der Waals surface area contributed by atoms with Crippen molar-refractivity contribution in [3.8, 4) is 0 Å². The van der Waals surface area contributed by atoms with Crippen LogP contribution in [0.15, 0.2) is 0 Å². The highest BCUT2D eigenvalue weighted by Gasteiger charge is 2.61. The van der Waals surface area contributed by atoms with Crippen molar-refractivity contribution in [3.05, 3.63) is 0 Å². The van der Waals surface area contributed by atoms with Gasteiger partial charge >= 0.3 is 5.97 Å². The van der Waals surface area contributed by atoms with Crippen molar-refractivity contribution in [1.29, 1.82) is 0 Å². The van der Waals surface area contributed by atoms with Crippen molar-refractivity contribution in [2.24, 2.45) is 5.41 Å². The number of hydrogen-bond donors (Lipinski definition) is 1. The summed E-state index contributed by atoms with van der Waals surface area (Å²) in [5.41, 5.74) is -0.865. The molecule has 5 nitrogen and oxygen atoms in total. The predicted molar refractivity (Wildman–Crippen MR) is 56.7 cm³/mol. The summed E-state index contributed by atoms with van der Waals surface area (Å²) >= 11 is 0. The second-order valence-electron chi connectivity index (χ2n) is 4.56. The summed E-state index contributed by atoms with van der Waals surface area (Å²) in [6.45, 7) is 3.32. The van der Waals surface area contributed by atoms with Crippen LogP contribution in [0.3, 0.4) is 0 Å². The molecule has 1 aliphatic rings. The van der Waals surface area contributed by atoms with Crippen molar-refractivity contribution in [2.45, 2.75) is 38.6 Å². The van der Waals surface area contributed by atoms with Crippen LogP contribution in [-0.4, -0.2) is 43.8 Å². The molecule has 0 radical (unpaired) electrons. The molecule has 0 spiro atoms. The smallest absolute Gasteiger partial charge is 0.315 e. The standard InChI is InChI=1S/C11H20O5/c1-8(2)16-9(13)10(7-12)5-11(6-10,14-3)15-4/h8,12H,5-7H2,1-4H3. The van der Waals surface area contributed by atoms with Crippen LogP contribution in [0.2, 0.25) is 0 Å². The highest BCUT2D eigenvalue weighted by atomic mass is 16.7. The van der Waals surface area contributed by atoms with E-state index in [1.807, 2.05) is 0 Å². The number of rotatable bonds is 5. The van der Waals surface area contributed by atoms with Crippen molar-refractivity contribution >= 4 is 5.97 Å². The normalized spacial score (nSPS) is 21.6. The van der Waals surface area contributed by atoms with Gasteiger partial charge in [0.2, 0.25) is 0 Å². The molecular weight excluding hydrogens is 212 g/mol. The summed E-state index contributed by atoms with van der Waals surface area (Å²) in [6, 6.07) is 0. The molecule has 1 fully saturated rings. The van der Waals surface area contributed by atoms with Gasteiger partial charge in [-0.1, -0.05) is 0 Å². The lowest BCUT2D eigenvalue weighted by Crippen LogP contribution is -2.60. The molecule has 1 aliphatic carbocycles. The lowest BCUT2D eigenvalue weighted by Gasteiger charge is -2.51. The zero-order valence-electron chi connectivity index (χ0n) is 10.3. The highest BCUT2D eigenvalue weighted by molar-refractivity contribution is 5.78. The van der Waals surface area contributed by atoms with Gasteiger partial charge in [0.25, 0.3) is 0 Å². The molecule has 0 amide bonds. The number of carbonyl (C=O) groups is 1. The summed E-state index contributed by atoms with van der Waals surface area (Å²) in [4.78, 5) is 11.8. The van der Waals surface area contributed by atoms with Crippen molar-refractivity contribution in [3.63, 3.8) is 0 Å². The molecule has 0 unspecified atom stereocenters. The third-order valence-corrected chi connectivity index (χ3v) is 3.04. The van der Waals surface area contributed by atoms with Crippen LogP contribution in [0.4, 0.5) is 0 Å². The van der Waals surface area contributed by atoms with Gasteiger partial charge in [0.15, 0.2) is 5.79 Å². The Labute approximate surface area is 95.7 Å². The molecule has 0 bridgehead atoms. The third-order valence-electron chi connectivity index (χ3n) is 3.04. The summed E-state index contributed by atoms with van der Waals surface area (Å²) in [5, 5.41) is 9.33. The van der Waals surface area contributed by atoms with Crippen molar-refractivity contribution < 1.29 is 24.1 Å². The maximum atomic E-state index is 11.8. The van der Waals surface area contributed by atoms with Gasteiger partial charge in [-0.15, -0.1) is 0 Å². The molecular formula is C11H20O5. The van der Waals surface area contributed by atoms with Crippen LogP contribution >= 0.6 is 0 Å². The fourth-order valence-electron chi connectivity index (χ4n) is 2.01. The number of aliphatic hydroxyl groups excluding tert-OH is 1. The maximum Gasteiger partial charge on any atom is 0.315 e. The molecule has 94 valence electrons. The van der Waals surface area contributed by atoms with Crippen LogP contribution in [-0.2, 0) is 19.0 Å². The molecule has 0 aromatic carbocycles. The zero-order chi connectivity index (χ0) is 12.4. The van der Waals surface area contributed by atoms with Gasteiger partial charge in [-0.2, -0.15) is 0 Å².